The number of rotatable bonds is 3. The van der Waals surface area contributed by atoms with Gasteiger partial charge < -0.3 is 5.11 Å². The van der Waals surface area contributed by atoms with Crippen LogP contribution in [0.1, 0.15) is 22.3 Å². The van der Waals surface area contributed by atoms with Gasteiger partial charge >= 0.3 is 5.97 Å². The second-order valence-corrected chi connectivity index (χ2v) is 5.87. The molecule has 3 rings (SSSR count). The van der Waals surface area contributed by atoms with Crippen molar-refractivity contribution in [3.63, 3.8) is 0 Å². The maximum atomic E-state index is 11.9. The monoisotopic (exact) mass is 266 g/mol. The van der Waals surface area contributed by atoms with Gasteiger partial charge in [0.1, 0.15) is 0 Å². The Kier molecular flexibility index (Phi) is 3.09. The van der Waals surface area contributed by atoms with Gasteiger partial charge in [-0.05, 0) is 42.9 Å². The molecule has 2 aromatic rings. The average Bonchev–Trinajstić information content (AvgIpc) is 2.78. The lowest BCUT2D eigenvalue weighted by molar-refractivity contribution is -0.148. The molecule has 2 aromatic carbocycles. The van der Waals surface area contributed by atoms with Gasteiger partial charge in [-0.2, -0.15) is 0 Å². The van der Waals surface area contributed by atoms with E-state index < -0.39 is 11.4 Å². The first-order valence-electron chi connectivity index (χ1n) is 6.95. The summed E-state index contributed by atoms with van der Waals surface area (Å²) >= 11 is 0. The van der Waals surface area contributed by atoms with Gasteiger partial charge in [-0.1, -0.05) is 54.1 Å². The Bertz CT molecular complexity index is 633. The van der Waals surface area contributed by atoms with Crippen LogP contribution in [0.25, 0.3) is 0 Å². The van der Waals surface area contributed by atoms with E-state index in [9.17, 15) is 9.90 Å². The summed E-state index contributed by atoms with van der Waals surface area (Å²) in [7, 11) is 0. The molecule has 0 radical (unpaired) electrons. The molecule has 0 bridgehead atoms. The topological polar surface area (TPSA) is 37.3 Å². The van der Waals surface area contributed by atoms with Gasteiger partial charge in [0.15, 0.2) is 0 Å². The molecule has 20 heavy (non-hydrogen) atoms. The lowest BCUT2D eigenvalue weighted by Gasteiger charge is -2.24. The van der Waals surface area contributed by atoms with Crippen molar-refractivity contribution in [1.82, 2.24) is 0 Å². The first-order chi connectivity index (χ1) is 9.59. The molecule has 1 N–H and O–H groups in total. The Labute approximate surface area is 119 Å². The standard InChI is InChI=1S/C18H18O2/c1-13-5-4-6-14(9-13)10-18(17(19)20)11-15-7-2-3-8-16(15)12-18/h2-9H,10-12H2,1H3,(H,19,20). The molecular formula is C18H18O2. The van der Waals surface area contributed by atoms with E-state index in [1.165, 1.54) is 16.7 Å². The minimum absolute atomic E-state index is 0.596. The number of aryl methyl sites for hydroxylation is 1. The van der Waals surface area contributed by atoms with Gasteiger partial charge in [0.05, 0.1) is 5.41 Å². The van der Waals surface area contributed by atoms with Gasteiger partial charge in [0.25, 0.3) is 0 Å². The van der Waals surface area contributed by atoms with Crippen molar-refractivity contribution in [3.8, 4) is 0 Å². The van der Waals surface area contributed by atoms with Crippen molar-refractivity contribution in [1.29, 1.82) is 0 Å². The molecule has 0 unspecified atom stereocenters. The van der Waals surface area contributed by atoms with Gasteiger partial charge in [0, 0.05) is 0 Å². The third-order valence-corrected chi connectivity index (χ3v) is 4.25. The van der Waals surface area contributed by atoms with E-state index in [2.05, 4.69) is 18.2 Å². The molecule has 0 aromatic heterocycles. The van der Waals surface area contributed by atoms with E-state index in [0.29, 0.717) is 19.3 Å². The highest BCUT2D eigenvalue weighted by Gasteiger charge is 2.43. The summed E-state index contributed by atoms with van der Waals surface area (Å²) in [5, 5.41) is 9.77. The zero-order valence-electron chi connectivity index (χ0n) is 11.6. The van der Waals surface area contributed by atoms with Crippen molar-refractivity contribution in [2.24, 2.45) is 5.41 Å². The highest BCUT2D eigenvalue weighted by Crippen LogP contribution is 2.40. The number of carbonyl (C=O) groups is 1. The van der Waals surface area contributed by atoms with Crippen LogP contribution in [0.3, 0.4) is 0 Å². The molecule has 0 amide bonds. The molecule has 0 heterocycles. The zero-order chi connectivity index (χ0) is 14.2. The quantitative estimate of drug-likeness (QED) is 0.924. The van der Waals surface area contributed by atoms with Gasteiger partial charge in [-0.3, -0.25) is 4.79 Å². The number of aliphatic carboxylic acids is 1. The predicted octanol–water partition coefficient (Wildman–Crippen LogP) is 3.41. The van der Waals surface area contributed by atoms with Crippen LogP contribution in [-0.2, 0) is 24.1 Å². The highest BCUT2D eigenvalue weighted by molar-refractivity contribution is 5.77. The summed E-state index contributed by atoms with van der Waals surface area (Å²) in [6, 6.07) is 16.2. The summed E-state index contributed by atoms with van der Waals surface area (Å²) in [5.41, 5.74) is 3.97. The molecule has 0 saturated carbocycles. The van der Waals surface area contributed by atoms with Crippen LogP contribution >= 0.6 is 0 Å². The van der Waals surface area contributed by atoms with Crippen molar-refractivity contribution in [3.05, 3.63) is 70.8 Å². The Morgan fingerprint density at radius 1 is 1.10 bits per heavy atom. The molecule has 0 aliphatic heterocycles. The summed E-state index contributed by atoms with van der Waals surface area (Å²) in [4.78, 5) is 11.9. The van der Waals surface area contributed by atoms with Crippen molar-refractivity contribution in [2.75, 3.05) is 0 Å². The molecule has 0 fully saturated rings. The summed E-state index contributed by atoms with van der Waals surface area (Å²) < 4.78 is 0. The van der Waals surface area contributed by atoms with Gasteiger partial charge in [-0.25, -0.2) is 0 Å². The summed E-state index contributed by atoms with van der Waals surface area (Å²) in [5.74, 6) is -0.685. The number of carboxylic acid groups (broad SMARTS) is 1. The highest BCUT2D eigenvalue weighted by atomic mass is 16.4. The smallest absolute Gasteiger partial charge is 0.310 e. The van der Waals surface area contributed by atoms with Crippen molar-refractivity contribution in [2.45, 2.75) is 26.2 Å². The lowest BCUT2D eigenvalue weighted by atomic mass is 9.79. The molecule has 0 spiro atoms. The Morgan fingerprint density at radius 2 is 1.75 bits per heavy atom. The van der Waals surface area contributed by atoms with Crippen LogP contribution in [0.5, 0.6) is 0 Å². The molecule has 1 aliphatic carbocycles. The third-order valence-electron chi connectivity index (χ3n) is 4.25. The Morgan fingerprint density at radius 3 is 2.30 bits per heavy atom. The van der Waals surface area contributed by atoms with Crippen LogP contribution in [0.15, 0.2) is 48.5 Å². The minimum atomic E-state index is -0.685. The summed E-state index contributed by atoms with van der Waals surface area (Å²) in [6.45, 7) is 2.04. The Balaban J connectivity index is 1.94. The van der Waals surface area contributed by atoms with Crippen molar-refractivity contribution >= 4 is 5.97 Å². The molecule has 0 atom stereocenters. The fraction of sp³-hybridized carbons (Fsp3) is 0.278. The van der Waals surface area contributed by atoms with Gasteiger partial charge in [0.2, 0.25) is 0 Å². The van der Waals surface area contributed by atoms with E-state index in [0.717, 1.165) is 5.56 Å². The SMILES string of the molecule is Cc1cccc(CC2(C(=O)O)Cc3ccccc3C2)c1. The summed E-state index contributed by atoms with van der Waals surface area (Å²) in [6.07, 6.45) is 1.86. The number of fused-ring (bicyclic) bond motifs is 1. The molecule has 0 saturated heterocycles. The first-order valence-corrected chi connectivity index (χ1v) is 6.95. The van der Waals surface area contributed by atoms with Crippen LogP contribution in [0.4, 0.5) is 0 Å². The molecule has 1 aliphatic rings. The van der Waals surface area contributed by atoms with E-state index in [1.807, 2.05) is 37.3 Å². The lowest BCUT2D eigenvalue weighted by Crippen LogP contribution is -2.34. The van der Waals surface area contributed by atoms with E-state index >= 15 is 0 Å². The molecule has 2 heteroatoms. The fourth-order valence-corrected chi connectivity index (χ4v) is 3.26. The normalized spacial score (nSPS) is 15.8. The first kappa shape index (κ1) is 12.9. The van der Waals surface area contributed by atoms with E-state index in [4.69, 9.17) is 0 Å². The third kappa shape index (κ3) is 2.22. The number of hydrogen-bond acceptors (Lipinski definition) is 1. The van der Waals surface area contributed by atoms with Crippen LogP contribution in [-0.4, -0.2) is 11.1 Å². The van der Waals surface area contributed by atoms with Crippen LogP contribution < -0.4 is 0 Å². The second kappa shape index (κ2) is 4.78. The largest absolute Gasteiger partial charge is 0.481 e. The molecule has 2 nitrogen and oxygen atoms in total. The minimum Gasteiger partial charge on any atom is -0.481 e. The van der Waals surface area contributed by atoms with E-state index in [-0.39, 0.29) is 0 Å². The number of benzene rings is 2. The van der Waals surface area contributed by atoms with Crippen LogP contribution in [0.2, 0.25) is 0 Å². The van der Waals surface area contributed by atoms with E-state index in [1.54, 1.807) is 0 Å². The van der Waals surface area contributed by atoms with Gasteiger partial charge in [-0.15, -0.1) is 0 Å². The number of hydrogen-bond donors (Lipinski definition) is 1. The maximum absolute atomic E-state index is 11.9. The number of carboxylic acids is 1. The van der Waals surface area contributed by atoms with Crippen molar-refractivity contribution < 1.29 is 9.90 Å². The molecular weight excluding hydrogens is 248 g/mol. The fourth-order valence-electron chi connectivity index (χ4n) is 3.26. The average molecular weight is 266 g/mol. The zero-order valence-corrected chi connectivity index (χ0v) is 11.6. The van der Waals surface area contributed by atoms with Crippen LogP contribution in [0, 0.1) is 12.3 Å². The predicted molar refractivity (Wildman–Crippen MR) is 78.8 cm³/mol. The Hall–Kier alpha value is -2.09. The molecule has 102 valence electrons. The maximum Gasteiger partial charge on any atom is 0.310 e. The second-order valence-electron chi connectivity index (χ2n) is 5.87.